The normalized spacial score (nSPS) is 10.8. The van der Waals surface area contributed by atoms with E-state index in [-0.39, 0.29) is 12.5 Å². The van der Waals surface area contributed by atoms with Crippen LogP contribution < -0.4 is 4.90 Å². The monoisotopic (exact) mass is 539 g/mol. The molecule has 1 aromatic heterocycles. The van der Waals surface area contributed by atoms with Crippen molar-refractivity contribution in [3.63, 3.8) is 0 Å². The summed E-state index contributed by atoms with van der Waals surface area (Å²) < 4.78 is 0. The molecule has 4 rings (SSSR count). The number of anilines is 1. The van der Waals surface area contributed by atoms with Crippen molar-refractivity contribution in [2.24, 2.45) is 0 Å². The summed E-state index contributed by atoms with van der Waals surface area (Å²) in [5, 5.41) is 12.8. The average Bonchev–Trinajstić information content (AvgIpc) is 3.36. The number of hydrogen-bond donors (Lipinski definition) is 1. The Balaban J connectivity index is 1.57. The van der Waals surface area contributed by atoms with E-state index in [0.717, 1.165) is 27.5 Å². The van der Waals surface area contributed by atoms with E-state index in [4.69, 9.17) is 33.3 Å². The Morgan fingerprint density at radius 1 is 0.917 bits per heavy atom. The molecule has 36 heavy (non-hydrogen) atoms. The standard InChI is InChI=1S/C27H23Cl2N3O3S/c1-31(16-25(33)34)26(35)20-9-7-19(8-10-20)15-32(14-18-5-3-2-4-6-18)27-30-24(17-36-27)21-11-12-22(28)23(29)13-21/h2-13,17H,14-16H2,1H3,(H,33,34). The smallest absolute Gasteiger partial charge is 0.323 e. The molecule has 1 N–H and O–H groups in total. The number of amides is 1. The molecular weight excluding hydrogens is 517 g/mol. The zero-order valence-corrected chi connectivity index (χ0v) is 21.7. The first-order valence-corrected chi connectivity index (χ1v) is 12.7. The Kier molecular flexibility index (Phi) is 8.25. The third-order valence-electron chi connectivity index (χ3n) is 5.49. The first-order valence-electron chi connectivity index (χ1n) is 11.1. The van der Waals surface area contributed by atoms with Gasteiger partial charge in [-0.1, -0.05) is 71.7 Å². The Morgan fingerprint density at radius 2 is 1.58 bits per heavy atom. The molecule has 0 atom stereocenters. The lowest BCUT2D eigenvalue weighted by Gasteiger charge is -2.22. The molecule has 4 aromatic rings. The van der Waals surface area contributed by atoms with E-state index in [0.29, 0.717) is 28.7 Å². The van der Waals surface area contributed by atoms with E-state index in [1.807, 2.05) is 41.8 Å². The van der Waals surface area contributed by atoms with Crippen LogP contribution in [0.15, 0.2) is 78.2 Å². The Morgan fingerprint density at radius 3 is 2.22 bits per heavy atom. The molecule has 0 saturated carbocycles. The van der Waals surface area contributed by atoms with Crippen LogP contribution in [-0.4, -0.2) is 40.5 Å². The lowest BCUT2D eigenvalue weighted by molar-refractivity contribution is -0.137. The molecule has 0 aliphatic rings. The highest BCUT2D eigenvalue weighted by Crippen LogP contribution is 2.32. The molecule has 0 aliphatic heterocycles. The number of rotatable bonds is 9. The van der Waals surface area contributed by atoms with E-state index >= 15 is 0 Å². The van der Waals surface area contributed by atoms with Crippen LogP contribution in [0.2, 0.25) is 10.0 Å². The topological polar surface area (TPSA) is 73.7 Å². The highest BCUT2D eigenvalue weighted by molar-refractivity contribution is 7.14. The van der Waals surface area contributed by atoms with Crippen molar-refractivity contribution in [1.29, 1.82) is 0 Å². The molecule has 3 aromatic carbocycles. The average molecular weight is 540 g/mol. The molecule has 0 fully saturated rings. The molecule has 0 unspecified atom stereocenters. The maximum atomic E-state index is 12.5. The van der Waals surface area contributed by atoms with Gasteiger partial charge in [0.2, 0.25) is 0 Å². The maximum absolute atomic E-state index is 12.5. The molecule has 0 spiro atoms. The number of nitrogens with zero attached hydrogens (tertiary/aromatic N) is 3. The van der Waals surface area contributed by atoms with Crippen molar-refractivity contribution in [1.82, 2.24) is 9.88 Å². The summed E-state index contributed by atoms with van der Waals surface area (Å²) in [4.78, 5) is 31.6. The largest absolute Gasteiger partial charge is 0.480 e. The fourth-order valence-corrected chi connectivity index (χ4v) is 4.79. The van der Waals surface area contributed by atoms with Crippen molar-refractivity contribution in [3.8, 4) is 11.3 Å². The van der Waals surface area contributed by atoms with Crippen LogP contribution >= 0.6 is 34.5 Å². The fraction of sp³-hybridized carbons (Fsp3) is 0.148. The minimum absolute atomic E-state index is 0.337. The summed E-state index contributed by atoms with van der Waals surface area (Å²) in [5.74, 6) is -1.39. The second kappa shape index (κ2) is 11.6. The van der Waals surface area contributed by atoms with Crippen molar-refractivity contribution in [2.75, 3.05) is 18.5 Å². The Bertz CT molecular complexity index is 1360. The molecule has 0 saturated heterocycles. The molecule has 9 heteroatoms. The summed E-state index contributed by atoms with van der Waals surface area (Å²) >= 11 is 13.8. The molecule has 0 aliphatic carbocycles. The summed E-state index contributed by atoms with van der Waals surface area (Å²) in [6, 6.07) is 22.8. The minimum Gasteiger partial charge on any atom is -0.480 e. The number of carboxylic acid groups (broad SMARTS) is 1. The summed E-state index contributed by atoms with van der Waals surface area (Å²) in [6.07, 6.45) is 0. The number of carbonyl (C=O) groups is 2. The van der Waals surface area contributed by atoms with Crippen LogP contribution in [0.25, 0.3) is 11.3 Å². The number of benzene rings is 3. The van der Waals surface area contributed by atoms with Crippen molar-refractivity contribution < 1.29 is 14.7 Å². The van der Waals surface area contributed by atoms with E-state index in [1.165, 1.54) is 11.9 Å². The van der Waals surface area contributed by atoms with Crippen LogP contribution in [0.4, 0.5) is 5.13 Å². The predicted molar refractivity (Wildman–Crippen MR) is 145 cm³/mol. The zero-order chi connectivity index (χ0) is 25.7. The summed E-state index contributed by atoms with van der Waals surface area (Å²) in [7, 11) is 1.47. The lowest BCUT2D eigenvalue weighted by Crippen LogP contribution is -2.31. The van der Waals surface area contributed by atoms with Crippen LogP contribution in [0, 0.1) is 0 Å². The zero-order valence-electron chi connectivity index (χ0n) is 19.4. The van der Waals surface area contributed by atoms with Crippen LogP contribution in [0.5, 0.6) is 0 Å². The highest BCUT2D eigenvalue weighted by atomic mass is 35.5. The molecular formula is C27H23Cl2N3O3S. The quantitative estimate of drug-likeness (QED) is 0.263. The molecule has 1 amide bonds. The van der Waals surface area contributed by atoms with Gasteiger partial charge in [-0.25, -0.2) is 4.98 Å². The third-order valence-corrected chi connectivity index (χ3v) is 7.13. The Hall–Kier alpha value is -3.39. The molecule has 0 radical (unpaired) electrons. The second-order valence-electron chi connectivity index (χ2n) is 8.24. The number of aromatic nitrogens is 1. The first kappa shape index (κ1) is 25.7. The number of halogens is 2. The SMILES string of the molecule is CN(CC(=O)O)C(=O)c1ccc(CN(Cc2ccccc2)c2nc(-c3ccc(Cl)c(Cl)c3)cs2)cc1. The van der Waals surface area contributed by atoms with Gasteiger partial charge in [0.1, 0.15) is 6.54 Å². The van der Waals surface area contributed by atoms with Gasteiger partial charge in [-0.15, -0.1) is 11.3 Å². The first-order chi connectivity index (χ1) is 17.3. The van der Waals surface area contributed by atoms with Gasteiger partial charge >= 0.3 is 5.97 Å². The van der Waals surface area contributed by atoms with Crippen LogP contribution in [0.3, 0.4) is 0 Å². The number of carbonyl (C=O) groups excluding carboxylic acids is 1. The summed E-state index contributed by atoms with van der Waals surface area (Å²) in [6.45, 7) is 0.872. The van der Waals surface area contributed by atoms with Gasteiger partial charge in [-0.2, -0.15) is 0 Å². The fourth-order valence-electron chi connectivity index (χ4n) is 3.66. The van der Waals surface area contributed by atoms with Gasteiger partial charge in [-0.3, -0.25) is 9.59 Å². The van der Waals surface area contributed by atoms with Crippen molar-refractivity contribution in [2.45, 2.75) is 13.1 Å². The van der Waals surface area contributed by atoms with Gasteiger partial charge in [-0.05, 0) is 35.4 Å². The molecule has 1 heterocycles. The van der Waals surface area contributed by atoms with Gasteiger partial charge in [0.25, 0.3) is 5.91 Å². The van der Waals surface area contributed by atoms with Gasteiger partial charge in [0.05, 0.1) is 15.7 Å². The van der Waals surface area contributed by atoms with E-state index < -0.39 is 5.97 Å². The van der Waals surface area contributed by atoms with Crippen molar-refractivity contribution >= 4 is 51.5 Å². The third kappa shape index (κ3) is 6.43. The summed E-state index contributed by atoms with van der Waals surface area (Å²) in [5.41, 5.74) is 4.28. The number of likely N-dealkylation sites (N-methyl/N-ethyl adjacent to an activating group) is 1. The lowest BCUT2D eigenvalue weighted by atomic mass is 10.1. The number of thiazole rings is 1. The maximum Gasteiger partial charge on any atom is 0.323 e. The number of hydrogen-bond acceptors (Lipinski definition) is 5. The predicted octanol–water partition coefficient (Wildman–Crippen LogP) is 6.48. The second-order valence-corrected chi connectivity index (χ2v) is 9.89. The minimum atomic E-state index is -1.05. The highest BCUT2D eigenvalue weighted by Gasteiger charge is 2.17. The van der Waals surface area contributed by atoms with Crippen molar-refractivity contribution in [3.05, 3.63) is 105 Å². The van der Waals surface area contributed by atoms with Gasteiger partial charge in [0, 0.05) is 36.6 Å². The number of carboxylic acids is 1. The van der Waals surface area contributed by atoms with E-state index in [2.05, 4.69) is 17.0 Å². The van der Waals surface area contributed by atoms with Gasteiger partial charge < -0.3 is 14.9 Å². The molecule has 0 bridgehead atoms. The van der Waals surface area contributed by atoms with Gasteiger partial charge in [0.15, 0.2) is 5.13 Å². The van der Waals surface area contributed by atoms with E-state index in [1.54, 1.807) is 35.6 Å². The number of aliphatic carboxylic acids is 1. The van der Waals surface area contributed by atoms with Crippen LogP contribution in [0.1, 0.15) is 21.5 Å². The molecule has 6 nitrogen and oxygen atoms in total. The van der Waals surface area contributed by atoms with E-state index in [9.17, 15) is 9.59 Å². The van der Waals surface area contributed by atoms with Crippen LogP contribution in [-0.2, 0) is 17.9 Å². The molecule has 184 valence electrons. The Labute approximate surface area is 223 Å².